The van der Waals surface area contributed by atoms with Gasteiger partial charge in [-0.2, -0.15) is 5.10 Å². The highest BCUT2D eigenvalue weighted by molar-refractivity contribution is 6.07. The summed E-state index contributed by atoms with van der Waals surface area (Å²) in [7, 11) is 1.62. The number of nitrogens with one attached hydrogen (secondary N) is 1. The monoisotopic (exact) mass is 393 g/mol. The van der Waals surface area contributed by atoms with Crippen molar-refractivity contribution in [1.29, 1.82) is 0 Å². The number of hydrogen-bond donors (Lipinski definition) is 1. The van der Waals surface area contributed by atoms with Crippen LogP contribution in [0.1, 0.15) is 15.9 Å². The molecule has 0 radical (unpaired) electrons. The van der Waals surface area contributed by atoms with Crippen LogP contribution < -0.4 is 5.32 Å². The van der Waals surface area contributed by atoms with Crippen molar-refractivity contribution in [1.82, 2.24) is 19.6 Å². The number of rotatable bonds is 4. The van der Waals surface area contributed by atoms with E-state index >= 15 is 0 Å². The smallest absolute Gasteiger partial charge is 0.260 e. The van der Waals surface area contributed by atoms with Crippen molar-refractivity contribution in [3.63, 3.8) is 0 Å². The minimum absolute atomic E-state index is 0.0451. The normalized spacial score (nSPS) is 10.9. The first-order valence-corrected chi connectivity index (χ1v) is 8.84. The molecule has 4 aromatic rings. The van der Waals surface area contributed by atoms with E-state index in [1.165, 1.54) is 16.9 Å². The molecule has 0 spiro atoms. The lowest BCUT2D eigenvalue weighted by molar-refractivity contribution is 0.102. The topological polar surface area (TPSA) is 64.7 Å². The summed E-state index contributed by atoms with van der Waals surface area (Å²) in [4.78, 5) is 12.9. The van der Waals surface area contributed by atoms with Gasteiger partial charge in [-0.25, -0.2) is 13.5 Å². The first-order chi connectivity index (χ1) is 13.9. The van der Waals surface area contributed by atoms with E-state index in [2.05, 4.69) is 15.5 Å². The van der Waals surface area contributed by atoms with Gasteiger partial charge < -0.3 is 5.32 Å². The molecule has 0 unspecified atom stereocenters. The Kier molecular flexibility index (Phi) is 4.67. The highest BCUT2D eigenvalue weighted by Crippen LogP contribution is 2.26. The number of aromatic nitrogens is 4. The number of carbonyl (C=O) groups excluding carboxylic acids is 1. The zero-order valence-corrected chi connectivity index (χ0v) is 15.7. The molecule has 0 saturated heterocycles. The first-order valence-electron chi connectivity index (χ1n) is 8.84. The average molecular weight is 393 g/mol. The van der Waals surface area contributed by atoms with Crippen LogP contribution in [-0.4, -0.2) is 25.5 Å². The Balaban J connectivity index is 1.66. The van der Waals surface area contributed by atoms with Crippen LogP contribution >= 0.6 is 0 Å². The van der Waals surface area contributed by atoms with Gasteiger partial charge in [0.25, 0.3) is 5.91 Å². The van der Waals surface area contributed by atoms with Crippen molar-refractivity contribution < 1.29 is 13.6 Å². The van der Waals surface area contributed by atoms with Gasteiger partial charge in [-0.1, -0.05) is 18.2 Å². The molecule has 0 saturated carbocycles. The maximum Gasteiger partial charge on any atom is 0.260 e. The predicted molar refractivity (Wildman–Crippen MR) is 105 cm³/mol. The number of para-hydroxylation sites is 1. The third-order valence-corrected chi connectivity index (χ3v) is 4.41. The molecular formula is C21H17F2N5O. The van der Waals surface area contributed by atoms with Gasteiger partial charge in [0.2, 0.25) is 0 Å². The lowest BCUT2D eigenvalue weighted by atomic mass is 10.1. The third-order valence-electron chi connectivity index (χ3n) is 4.41. The van der Waals surface area contributed by atoms with Crippen LogP contribution in [0, 0.1) is 18.6 Å². The van der Waals surface area contributed by atoms with E-state index in [0.29, 0.717) is 5.82 Å². The highest BCUT2D eigenvalue weighted by atomic mass is 19.1. The SMILES string of the molecule is Cc1cn(-c2ccccc2)nc1NC(=O)c1cn(C)nc1-c1ccc(F)cc1F. The lowest BCUT2D eigenvalue weighted by Crippen LogP contribution is -2.14. The molecule has 2 aromatic carbocycles. The van der Waals surface area contributed by atoms with Gasteiger partial charge in [0.15, 0.2) is 5.82 Å². The quantitative estimate of drug-likeness (QED) is 0.567. The number of carbonyl (C=O) groups is 1. The Morgan fingerprint density at radius 2 is 1.79 bits per heavy atom. The molecule has 2 aromatic heterocycles. The second-order valence-corrected chi connectivity index (χ2v) is 6.58. The maximum absolute atomic E-state index is 14.2. The molecule has 6 nitrogen and oxygen atoms in total. The number of hydrogen-bond acceptors (Lipinski definition) is 3. The number of benzene rings is 2. The van der Waals surface area contributed by atoms with E-state index < -0.39 is 17.5 Å². The Morgan fingerprint density at radius 3 is 2.52 bits per heavy atom. The standard InChI is InChI=1S/C21H17F2N5O/c1-13-11-28(15-6-4-3-5-7-15)26-20(13)24-21(29)17-12-27(2)25-19(17)16-9-8-14(22)10-18(16)23/h3-12H,1-2H3,(H,24,26,29). The van der Waals surface area contributed by atoms with Crippen molar-refractivity contribution in [2.45, 2.75) is 6.92 Å². The number of anilines is 1. The van der Waals surface area contributed by atoms with Gasteiger partial charge >= 0.3 is 0 Å². The Morgan fingerprint density at radius 1 is 1.03 bits per heavy atom. The van der Waals surface area contributed by atoms with Gasteiger partial charge in [0.1, 0.15) is 17.3 Å². The van der Waals surface area contributed by atoms with Crippen LogP contribution in [0.25, 0.3) is 16.9 Å². The van der Waals surface area contributed by atoms with E-state index in [9.17, 15) is 13.6 Å². The molecule has 1 amide bonds. The predicted octanol–water partition coefficient (Wildman–Crippen LogP) is 4.11. The fourth-order valence-electron chi connectivity index (χ4n) is 3.01. The van der Waals surface area contributed by atoms with Crippen LogP contribution in [0.15, 0.2) is 60.9 Å². The number of nitrogens with zero attached hydrogens (tertiary/aromatic N) is 4. The molecule has 0 bridgehead atoms. The summed E-state index contributed by atoms with van der Waals surface area (Å²) in [5.74, 6) is -1.59. The van der Waals surface area contributed by atoms with E-state index in [1.807, 2.05) is 37.3 Å². The summed E-state index contributed by atoms with van der Waals surface area (Å²) in [6, 6.07) is 12.6. The van der Waals surface area contributed by atoms with Gasteiger partial charge in [0, 0.05) is 36.6 Å². The summed E-state index contributed by atoms with van der Waals surface area (Å²) in [5, 5.41) is 11.3. The Hall–Kier alpha value is -3.81. The number of aryl methyl sites for hydroxylation is 2. The van der Waals surface area contributed by atoms with Gasteiger partial charge in [-0.3, -0.25) is 9.48 Å². The van der Waals surface area contributed by atoms with E-state index in [-0.39, 0.29) is 16.8 Å². The summed E-state index contributed by atoms with van der Waals surface area (Å²) in [6.07, 6.45) is 3.28. The van der Waals surface area contributed by atoms with Crippen molar-refractivity contribution in [2.24, 2.45) is 7.05 Å². The molecular weight excluding hydrogens is 376 g/mol. The van der Waals surface area contributed by atoms with Crippen molar-refractivity contribution in [3.8, 4) is 16.9 Å². The summed E-state index contributed by atoms with van der Waals surface area (Å²) < 4.78 is 30.5. The second-order valence-electron chi connectivity index (χ2n) is 6.58. The van der Waals surface area contributed by atoms with Crippen LogP contribution in [0.3, 0.4) is 0 Å². The highest BCUT2D eigenvalue weighted by Gasteiger charge is 2.21. The number of amides is 1. The second kappa shape index (κ2) is 7.31. The van der Waals surface area contributed by atoms with Gasteiger partial charge in [-0.15, -0.1) is 5.10 Å². The molecule has 2 heterocycles. The fraction of sp³-hybridized carbons (Fsp3) is 0.0952. The van der Waals surface area contributed by atoms with Crippen LogP contribution in [-0.2, 0) is 7.05 Å². The maximum atomic E-state index is 14.2. The molecule has 0 aliphatic carbocycles. The molecule has 0 atom stereocenters. The molecule has 0 aliphatic rings. The summed E-state index contributed by atoms with van der Waals surface area (Å²) >= 11 is 0. The Labute approximate surface area is 165 Å². The zero-order valence-electron chi connectivity index (χ0n) is 15.7. The average Bonchev–Trinajstić information content (AvgIpc) is 3.25. The Bertz CT molecular complexity index is 1200. The molecule has 1 N–H and O–H groups in total. The summed E-state index contributed by atoms with van der Waals surface area (Å²) in [5.41, 5.74) is 1.95. The third kappa shape index (κ3) is 3.64. The van der Waals surface area contributed by atoms with Crippen molar-refractivity contribution in [3.05, 3.63) is 83.7 Å². The fourth-order valence-corrected chi connectivity index (χ4v) is 3.01. The van der Waals surface area contributed by atoms with Crippen LogP contribution in [0.4, 0.5) is 14.6 Å². The van der Waals surface area contributed by atoms with E-state index in [4.69, 9.17) is 0 Å². The summed E-state index contributed by atoms with van der Waals surface area (Å²) in [6.45, 7) is 1.83. The molecule has 146 valence electrons. The zero-order chi connectivity index (χ0) is 20.5. The molecule has 0 aliphatic heterocycles. The molecule has 8 heteroatoms. The molecule has 29 heavy (non-hydrogen) atoms. The van der Waals surface area contributed by atoms with Gasteiger partial charge in [-0.05, 0) is 31.2 Å². The largest absolute Gasteiger partial charge is 0.305 e. The van der Waals surface area contributed by atoms with Crippen LogP contribution in [0.5, 0.6) is 0 Å². The molecule has 0 fully saturated rings. The number of halogens is 2. The van der Waals surface area contributed by atoms with Crippen molar-refractivity contribution in [2.75, 3.05) is 5.32 Å². The van der Waals surface area contributed by atoms with Crippen molar-refractivity contribution >= 4 is 11.7 Å². The van der Waals surface area contributed by atoms with E-state index in [0.717, 1.165) is 23.4 Å². The van der Waals surface area contributed by atoms with Gasteiger partial charge in [0.05, 0.1) is 11.3 Å². The van der Waals surface area contributed by atoms with E-state index in [1.54, 1.807) is 17.9 Å². The first kappa shape index (κ1) is 18.5. The minimum atomic E-state index is -0.790. The van der Waals surface area contributed by atoms with Crippen LogP contribution in [0.2, 0.25) is 0 Å². The lowest BCUT2D eigenvalue weighted by Gasteiger charge is -2.05. The molecule has 4 rings (SSSR count). The minimum Gasteiger partial charge on any atom is -0.305 e.